The lowest BCUT2D eigenvalue weighted by Crippen LogP contribution is -2.41. The molecule has 1 heterocycles. The van der Waals surface area contributed by atoms with Crippen LogP contribution >= 0.6 is 0 Å². The summed E-state index contributed by atoms with van der Waals surface area (Å²) in [6.07, 6.45) is 2.27. The SMILES string of the molecule is C=CCCC(=O)N1CC(Oc2ccccc2F)CC1C(=O)OC. The number of halogens is 1. The molecule has 0 aromatic heterocycles. The Kier molecular flexibility index (Phi) is 5.73. The molecule has 2 atom stereocenters. The van der Waals surface area contributed by atoms with Gasteiger partial charge in [-0.2, -0.15) is 0 Å². The van der Waals surface area contributed by atoms with Crippen LogP contribution in [0.5, 0.6) is 5.75 Å². The van der Waals surface area contributed by atoms with Crippen molar-refractivity contribution in [2.24, 2.45) is 0 Å². The first-order valence-electron chi connectivity index (χ1n) is 7.46. The average Bonchev–Trinajstić information content (AvgIpc) is 2.98. The second-order valence-electron chi connectivity index (χ2n) is 5.32. The normalized spacial score (nSPS) is 20.2. The number of likely N-dealkylation sites (tertiary alicyclic amines) is 1. The lowest BCUT2D eigenvalue weighted by atomic mass is 10.2. The van der Waals surface area contributed by atoms with Gasteiger partial charge in [0.2, 0.25) is 5.91 Å². The summed E-state index contributed by atoms with van der Waals surface area (Å²) in [5.74, 6) is -1.02. The maximum Gasteiger partial charge on any atom is 0.328 e. The van der Waals surface area contributed by atoms with Gasteiger partial charge >= 0.3 is 5.97 Å². The minimum absolute atomic E-state index is 0.113. The van der Waals surface area contributed by atoms with Crippen LogP contribution in [0.4, 0.5) is 4.39 Å². The van der Waals surface area contributed by atoms with Crippen LogP contribution in [0.15, 0.2) is 36.9 Å². The molecular weight excluding hydrogens is 301 g/mol. The van der Waals surface area contributed by atoms with Crippen LogP contribution in [0.25, 0.3) is 0 Å². The number of nitrogens with zero attached hydrogens (tertiary/aromatic N) is 1. The van der Waals surface area contributed by atoms with Crippen molar-refractivity contribution in [3.63, 3.8) is 0 Å². The van der Waals surface area contributed by atoms with Gasteiger partial charge in [-0.1, -0.05) is 18.2 Å². The van der Waals surface area contributed by atoms with E-state index < -0.39 is 23.9 Å². The third kappa shape index (κ3) is 4.09. The number of esters is 1. The zero-order chi connectivity index (χ0) is 16.8. The smallest absolute Gasteiger partial charge is 0.328 e. The number of amides is 1. The highest BCUT2D eigenvalue weighted by Crippen LogP contribution is 2.26. The number of ether oxygens (including phenoxy) is 2. The number of hydrogen-bond donors (Lipinski definition) is 0. The van der Waals surface area contributed by atoms with E-state index in [-0.39, 0.29) is 31.0 Å². The molecule has 1 amide bonds. The number of carbonyl (C=O) groups is 2. The topological polar surface area (TPSA) is 55.8 Å². The molecule has 0 N–H and O–H groups in total. The Morgan fingerprint density at radius 3 is 2.83 bits per heavy atom. The summed E-state index contributed by atoms with van der Waals surface area (Å²) >= 11 is 0. The quantitative estimate of drug-likeness (QED) is 0.596. The number of para-hydroxylation sites is 1. The lowest BCUT2D eigenvalue weighted by Gasteiger charge is -2.22. The van der Waals surface area contributed by atoms with Crippen molar-refractivity contribution >= 4 is 11.9 Å². The molecule has 1 aromatic rings. The Bertz CT molecular complexity index is 590. The minimum Gasteiger partial charge on any atom is -0.485 e. The zero-order valence-corrected chi connectivity index (χ0v) is 13.0. The Hall–Kier alpha value is -2.37. The largest absolute Gasteiger partial charge is 0.485 e. The van der Waals surface area contributed by atoms with Crippen LogP contribution in [-0.2, 0) is 14.3 Å². The van der Waals surface area contributed by atoms with Crippen LogP contribution in [0.1, 0.15) is 19.3 Å². The number of carbonyl (C=O) groups excluding carboxylic acids is 2. The van der Waals surface area contributed by atoms with Gasteiger partial charge in [0.05, 0.1) is 13.7 Å². The van der Waals surface area contributed by atoms with Crippen LogP contribution in [0.2, 0.25) is 0 Å². The molecule has 0 radical (unpaired) electrons. The average molecular weight is 321 g/mol. The van der Waals surface area contributed by atoms with Crippen molar-refractivity contribution in [1.82, 2.24) is 4.90 Å². The van der Waals surface area contributed by atoms with Crippen molar-refractivity contribution in [3.05, 3.63) is 42.7 Å². The molecule has 6 heteroatoms. The highest BCUT2D eigenvalue weighted by Gasteiger charge is 2.41. The predicted octanol–water partition coefficient (Wildman–Crippen LogP) is 2.31. The molecule has 23 heavy (non-hydrogen) atoms. The Labute approximate surface area is 134 Å². The summed E-state index contributed by atoms with van der Waals surface area (Å²) in [7, 11) is 1.28. The Balaban J connectivity index is 2.09. The minimum atomic E-state index is -0.700. The van der Waals surface area contributed by atoms with Crippen molar-refractivity contribution in [2.45, 2.75) is 31.4 Å². The molecule has 2 unspecified atom stereocenters. The van der Waals surface area contributed by atoms with Gasteiger partial charge < -0.3 is 14.4 Å². The zero-order valence-electron chi connectivity index (χ0n) is 13.0. The maximum atomic E-state index is 13.7. The summed E-state index contributed by atoms with van der Waals surface area (Å²) in [6.45, 7) is 3.81. The van der Waals surface area contributed by atoms with Gasteiger partial charge in [-0.3, -0.25) is 4.79 Å². The van der Waals surface area contributed by atoms with Crippen LogP contribution < -0.4 is 4.74 Å². The summed E-state index contributed by atoms with van der Waals surface area (Å²) in [5.41, 5.74) is 0. The number of allylic oxidation sites excluding steroid dienone is 1. The van der Waals surface area contributed by atoms with Gasteiger partial charge in [0.25, 0.3) is 0 Å². The second-order valence-corrected chi connectivity index (χ2v) is 5.32. The first kappa shape index (κ1) is 17.0. The van der Waals surface area contributed by atoms with Gasteiger partial charge in [-0.25, -0.2) is 9.18 Å². The van der Waals surface area contributed by atoms with Gasteiger partial charge in [-0.05, 0) is 18.6 Å². The van der Waals surface area contributed by atoms with E-state index in [1.807, 2.05) is 0 Å². The molecule has 1 fully saturated rings. The van der Waals surface area contributed by atoms with Gasteiger partial charge in [0.1, 0.15) is 12.1 Å². The van der Waals surface area contributed by atoms with Gasteiger partial charge in [-0.15, -0.1) is 6.58 Å². The molecule has 0 spiro atoms. The van der Waals surface area contributed by atoms with E-state index >= 15 is 0 Å². The molecule has 1 aliphatic rings. The van der Waals surface area contributed by atoms with E-state index in [9.17, 15) is 14.0 Å². The Morgan fingerprint density at radius 1 is 1.43 bits per heavy atom. The molecule has 0 bridgehead atoms. The summed E-state index contributed by atoms with van der Waals surface area (Å²) < 4.78 is 24.1. The number of methoxy groups -OCH3 is 1. The molecule has 5 nitrogen and oxygen atoms in total. The molecule has 0 aliphatic carbocycles. The maximum absolute atomic E-state index is 13.7. The molecular formula is C17H20FNO4. The number of benzene rings is 1. The number of rotatable bonds is 6. The fourth-order valence-corrected chi connectivity index (χ4v) is 2.61. The lowest BCUT2D eigenvalue weighted by molar-refractivity contribution is -0.150. The van der Waals surface area contributed by atoms with Crippen LogP contribution in [-0.4, -0.2) is 42.6 Å². The molecule has 124 valence electrons. The molecule has 1 aliphatic heterocycles. The van der Waals surface area contributed by atoms with Crippen molar-refractivity contribution in [2.75, 3.05) is 13.7 Å². The molecule has 2 rings (SSSR count). The standard InChI is InChI=1S/C17H20FNO4/c1-3-4-9-16(20)19-11-12(10-14(19)17(21)22-2)23-15-8-6-5-7-13(15)18/h3,5-8,12,14H,1,4,9-11H2,2H3. The van der Waals surface area contributed by atoms with Gasteiger partial charge in [0.15, 0.2) is 11.6 Å². The third-order valence-electron chi connectivity index (χ3n) is 3.75. The Morgan fingerprint density at radius 2 is 2.17 bits per heavy atom. The third-order valence-corrected chi connectivity index (χ3v) is 3.75. The van der Waals surface area contributed by atoms with Gasteiger partial charge in [0, 0.05) is 12.8 Å². The summed E-state index contributed by atoms with van der Waals surface area (Å²) in [5, 5.41) is 0. The number of hydrogen-bond acceptors (Lipinski definition) is 4. The van der Waals surface area contributed by atoms with Crippen molar-refractivity contribution < 1.29 is 23.5 Å². The van der Waals surface area contributed by atoms with E-state index in [1.54, 1.807) is 18.2 Å². The van der Waals surface area contributed by atoms with E-state index in [1.165, 1.54) is 24.1 Å². The fourth-order valence-electron chi connectivity index (χ4n) is 2.61. The highest BCUT2D eigenvalue weighted by molar-refractivity contribution is 5.85. The molecule has 1 saturated heterocycles. The molecule has 1 aromatic carbocycles. The summed E-state index contributed by atoms with van der Waals surface area (Å²) in [4.78, 5) is 25.6. The van der Waals surface area contributed by atoms with Crippen LogP contribution in [0, 0.1) is 5.82 Å². The van der Waals surface area contributed by atoms with E-state index in [0.29, 0.717) is 6.42 Å². The first-order chi connectivity index (χ1) is 11.1. The first-order valence-corrected chi connectivity index (χ1v) is 7.46. The monoisotopic (exact) mass is 321 g/mol. The van der Waals surface area contributed by atoms with Crippen LogP contribution in [0.3, 0.4) is 0 Å². The molecule has 0 saturated carbocycles. The predicted molar refractivity (Wildman–Crippen MR) is 82.4 cm³/mol. The second kappa shape index (κ2) is 7.76. The van der Waals surface area contributed by atoms with Crippen molar-refractivity contribution in [3.8, 4) is 5.75 Å². The highest BCUT2D eigenvalue weighted by atomic mass is 19.1. The summed E-state index contributed by atoms with van der Waals surface area (Å²) in [6, 6.07) is 5.35. The van der Waals surface area contributed by atoms with E-state index in [0.717, 1.165) is 0 Å². The fraction of sp³-hybridized carbons (Fsp3) is 0.412. The van der Waals surface area contributed by atoms with Crippen molar-refractivity contribution in [1.29, 1.82) is 0 Å². The van der Waals surface area contributed by atoms with E-state index in [4.69, 9.17) is 9.47 Å². The van der Waals surface area contributed by atoms with E-state index in [2.05, 4.69) is 6.58 Å².